The summed E-state index contributed by atoms with van der Waals surface area (Å²) in [5.41, 5.74) is 0. The quantitative estimate of drug-likeness (QED) is 0.686. The third-order valence-electron chi connectivity index (χ3n) is 5.15. The number of hydrogen-bond acceptors (Lipinski definition) is 4. The Kier molecular flexibility index (Phi) is 7.61. The summed E-state index contributed by atoms with van der Waals surface area (Å²) in [6.07, 6.45) is 9.26. The van der Waals surface area contributed by atoms with Crippen molar-refractivity contribution >= 4 is 0 Å². The summed E-state index contributed by atoms with van der Waals surface area (Å²) in [6.45, 7) is 4.28. The molecule has 2 saturated heterocycles. The van der Waals surface area contributed by atoms with E-state index in [9.17, 15) is 10.2 Å². The van der Waals surface area contributed by atoms with E-state index in [4.69, 9.17) is 9.47 Å². The Morgan fingerprint density at radius 3 is 1.55 bits per heavy atom. The number of unbranched alkanes of at least 4 members (excludes halogenated alkanes) is 2. The molecule has 2 fully saturated rings. The van der Waals surface area contributed by atoms with Crippen LogP contribution in [-0.4, -0.2) is 46.8 Å². The molecule has 0 unspecified atom stereocenters. The van der Waals surface area contributed by atoms with Gasteiger partial charge in [-0.15, -0.1) is 0 Å². The van der Waals surface area contributed by atoms with Gasteiger partial charge in [-0.25, -0.2) is 0 Å². The third-order valence-corrected chi connectivity index (χ3v) is 5.15. The van der Waals surface area contributed by atoms with Crippen molar-refractivity contribution in [3.8, 4) is 0 Å². The van der Waals surface area contributed by atoms with Gasteiger partial charge in [-0.1, -0.05) is 39.5 Å². The minimum absolute atomic E-state index is 0.0239. The summed E-state index contributed by atoms with van der Waals surface area (Å²) in [7, 11) is 0. The van der Waals surface area contributed by atoms with Crippen LogP contribution in [0.5, 0.6) is 0 Å². The fourth-order valence-corrected chi connectivity index (χ4v) is 3.69. The van der Waals surface area contributed by atoms with E-state index in [0.717, 1.165) is 64.2 Å². The number of aliphatic hydroxyl groups is 2. The Morgan fingerprint density at radius 2 is 1.18 bits per heavy atom. The molecule has 0 aromatic rings. The molecule has 2 aliphatic rings. The number of ether oxygens (including phenoxy) is 2. The van der Waals surface area contributed by atoms with Gasteiger partial charge in [-0.2, -0.15) is 0 Å². The van der Waals surface area contributed by atoms with Crippen molar-refractivity contribution in [2.45, 2.75) is 115 Å². The Labute approximate surface area is 135 Å². The molecule has 2 heterocycles. The van der Waals surface area contributed by atoms with Gasteiger partial charge in [0.1, 0.15) is 0 Å². The lowest BCUT2D eigenvalue weighted by Crippen LogP contribution is -2.33. The average molecular weight is 314 g/mol. The minimum Gasteiger partial charge on any atom is -0.390 e. The Morgan fingerprint density at radius 1 is 0.773 bits per heavy atom. The molecule has 2 rings (SSSR count). The van der Waals surface area contributed by atoms with Gasteiger partial charge in [0, 0.05) is 0 Å². The van der Waals surface area contributed by atoms with Crippen molar-refractivity contribution in [2.75, 3.05) is 0 Å². The molecular weight excluding hydrogens is 280 g/mol. The van der Waals surface area contributed by atoms with Crippen LogP contribution in [0.4, 0.5) is 0 Å². The average Bonchev–Trinajstić information content (AvgIpc) is 3.18. The van der Waals surface area contributed by atoms with Gasteiger partial charge in [0.15, 0.2) is 0 Å². The third kappa shape index (κ3) is 4.92. The Balaban J connectivity index is 1.73. The lowest BCUT2D eigenvalue weighted by Gasteiger charge is -2.24. The van der Waals surface area contributed by atoms with E-state index in [-0.39, 0.29) is 36.6 Å². The first-order valence-corrected chi connectivity index (χ1v) is 9.32. The van der Waals surface area contributed by atoms with Gasteiger partial charge in [-0.05, 0) is 38.5 Å². The predicted octanol–water partition coefficient (Wildman–Crippen LogP) is 3.18. The molecule has 0 aliphatic carbocycles. The monoisotopic (exact) mass is 314 g/mol. The molecule has 0 bridgehead atoms. The normalized spacial score (nSPS) is 34.9. The van der Waals surface area contributed by atoms with Gasteiger partial charge >= 0.3 is 0 Å². The molecule has 0 aromatic heterocycles. The molecule has 22 heavy (non-hydrogen) atoms. The van der Waals surface area contributed by atoms with Crippen LogP contribution >= 0.6 is 0 Å². The lowest BCUT2D eigenvalue weighted by atomic mass is 10.0. The fourth-order valence-electron chi connectivity index (χ4n) is 3.69. The highest BCUT2D eigenvalue weighted by Gasteiger charge is 2.40. The standard InChI is InChI=1S/C18H34O4/c1-3-5-7-13(19)15-9-11-17(21-15)18-12-10-16(22-18)14(20)8-6-4-2/h13-20H,3-12H2,1-2H3/t13-,14-,15-,16-,17+,18+/m1/s1. The van der Waals surface area contributed by atoms with Crippen LogP contribution in [-0.2, 0) is 9.47 Å². The van der Waals surface area contributed by atoms with Crippen LogP contribution in [0.2, 0.25) is 0 Å². The molecule has 0 aromatic carbocycles. The van der Waals surface area contributed by atoms with Gasteiger partial charge < -0.3 is 19.7 Å². The zero-order valence-corrected chi connectivity index (χ0v) is 14.2. The van der Waals surface area contributed by atoms with Crippen molar-refractivity contribution < 1.29 is 19.7 Å². The van der Waals surface area contributed by atoms with Crippen LogP contribution in [0.15, 0.2) is 0 Å². The topological polar surface area (TPSA) is 58.9 Å². The molecule has 6 atom stereocenters. The summed E-state index contributed by atoms with van der Waals surface area (Å²) in [6, 6.07) is 0. The minimum atomic E-state index is -0.336. The lowest BCUT2D eigenvalue weighted by molar-refractivity contribution is -0.110. The van der Waals surface area contributed by atoms with Crippen LogP contribution in [0.3, 0.4) is 0 Å². The van der Waals surface area contributed by atoms with E-state index in [1.54, 1.807) is 0 Å². The van der Waals surface area contributed by atoms with Gasteiger partial charge in [0.25, 0.3) is 0 Å². The highest BCUT2D eigenvalue weighted by atomic mass is 16.6. The second-order valence-corrected chi connectivity index (χ2v) is 7.00. The second kappa shape index (κ2) is 9.21. The smallest absolute Gasteiger partial charge is 0.0842 e. The van der Waals surface area contributed by atoms with Crippen molar-refractivity contribution in [1.82, 2.24) is 0 Å². The number of aliphatic hydroxyl groups excluding tert-OH is 2. The van der Waals surface area contributed by atoms with Crippen molar-refractivity contribution in [2.24, 2.45) is 0 Å². The molecule has 4 nitrogen and oxygen atoms in total. The Hall–Kier alpha value is -0.160. The van der Waals surface area contributed by atoms with Gasteiger partial charge in [-0.3, -0.25) is 0 Å². The SMILES string of the molecule is CCCC[C@@H](O)[C@H]1CC[C@@H]([C@@H]2CC[C@H]([C@H](O)CCCC)O2)O1. The van der Waals surface area contributed by atoms with Crippen molar-refractivity contribution in [1.29, 1.82) is 0 Å². The molecule has 0 spiro atoms. The fraction of sp³-hybridized carbons (Fsp3) is 1.00. The molecule has 0 amide bonds. The highest BCUT2D eigenvalue weighted by molar-refractivity contribution is 4.89. The van der Waals surface area contributed by atoms with Crippen LogP contribution in [0, 0.1) is 0 Å². The predicted molar refractivity (Wildman–Crippen MR) is 86.9 cm³/mol. The Bertz CT molecular complexity index is 279. The molecule has 130 valence electrons. The largest absolute Gasteiger partial charge is 0.390 e. The van der Waals surface area contributed by atoms with Crippen molar-refractivity contribution in [3.05, 3.63) is 0 Å². The first kappa shape index (κ1) is 18.2. The van der Waals surface area contributed by atoms with Gasteiger partial charge in [0.05, 0.1) is 36.6 Å². The number of hydrogen-bond donors (Lipinski definition) is 2. The summed E-state index contributed by atoms with van der Waals surface area (Å²) in [5.74, 6) is 0. The first-order valence-electron chi connectivity index (χ1n) is 9.32. The van der Waals surface area contributed by atoms with E-state index in [2.05, 4.69) is 13.8 Å². The maximum absolute atomic E-state index is 10.2. The summed E-state index contributed by atoms with van der Waals surface area (Å²) >= 11 is 0. The molecule has 0 radical (unpaired) electrons. The maximum Gasteiger partial charge on any atom is 0.0842 e. The van der Waals surface area contributed by atoms with Gasteiger partial charge in [0.2, 0.25) is 0 Å². The molecule has 2 aliphatic heterocycles. The highest BCUT2D eigenvalue weighted by Crippen LogP contribution is 2.34. The maximum atomic E-state index is 10.2. The first-order chi connectivity index (χ1) is 10.7. The summed E-state index contributed by atoms with van der Waals surface area (Å²) in [4.78, 5) is 0. The van der Waals surface area contributed by atoms with Crippen LogP contribution in [0.25, 0.3) is 0 Å². The van der Waals surface area contributed by atoms with Crippen molar-refractivity contribution in [3.63, 3.8) is 0 Å². The zero-order valence-electron chi connectivity index (χ0n) is 14.2. The molecule has 2 N–H and O–H groups in total. The summed E-state index contributed by atoms with van der Waals surface area (Å²) in [5, 5.41) is 20.3. The van der Waals surface area contributed by atoms with E-state index in [1.165, 1.54) is 0 Å². The molecule has 0 saturated carbocycles. The zero-order chi connectivity index (χ0) is 15.9. The van der Waals surface area contributed by atoms with E-state index < -0.39 is 0 Å². The van der Waals surface area contributed by atoms with E-state index in [0.29, 0.717) is 0 Å². The summed E-state index contributed by atoms with van der Waals surface area (Å²) < 4.78 is 12.1. The van der Waals surface area contributed by atoms with Crippen LogP contribution < -0.4 is 0 Å². The number of rotatable bonds is 9. The molecule has 4 heteroatoms. The van der Waals surface area contributed by atoms with E-state index >= 15 is 0 Å². The second-order valence-electron chi connectivity index (χ2n) is 7.00. The van der Waals surface area contributed by atoms with E-state index in [1.807, 2.05) is 0 Å². The molecular formula is C18H34O4. The van der Waals surface area contributed by atoms with Crippen LogP contribution in [0.1, 0.15) is 78.1 Å².